The van der Waals surface area contributed by atoms with E-state index in [1.807, 2.05) is 17.8 Å². The van der Waals surface area contributed by atoms with Crippen LogP contribution < -0.4 is 10.1 Å². The average molecular weight is 266 g/mol. The number of methoxy groups -OCH3 is 1. The molecule has 1 fully saturated rings. The van der Waals surface area contributed by atoms with Gasteiger partial charge < -0.3 is 15.0 Å². The minimum absolute atomic E-state index is 0.593. The van der Waals surface area contributed by atoms with Crippen LogP contribution in [0.4, 0.5) is 0 Å². The Morgan fingerprint density at radius 1 is 1.50 bits per heavy atom. The van der Waals surface area contributed by atoms with E-state index in [1.54, 1.807) is 7.11 Å². The van der Waals surface area contributed by atoms with Crippen LogP contribution in [0.3, 0.4) is 0 Å². The zero-order valence-corrected chi connectivity index (χ0v) is 12.2. The first-order valence-corrected chi connectivity index (χ1v) is 7.37. The number of nitrogens with zero attached hydrogens (tertiary/aromatic N) is 1. The summed E-state index contributed by atoms with van der Waals surface area (Å²) in [5, 5.41) is 3.57. The number of rotatable bonds is 4. The summed E-state index contributed by atoms with van der Waals surface area (Å²) < 4.78 is 5.23. The predicted octanol–water partition coefficient (Wildman–Crippen LogP) is 2.00. The number of piperazine rings is 1. The molecule has 1 N–H and O–H groups in total. The fourth-order valence-corrected chi connectivity index (χ4v) is 3.26. The second-order valence-corrected chi connectivity index (χ2v) is 5.92. The third-order valence-corrected chi connectivity index (χ3v) is 4.62. The van der Waals surface area contributed by atoms with E-state index in [1.165, 1.54) is 10.5 Å². The van der Waals surface area contributed by atoms with Crippen LogP contribution in [0, 0.1) is 6.92 Å². The van der Waals surface area contributed by atoms with Crippen LogP contribution >= 0.6 is 11.8 Å². The normalized spacial score (nSPS) is 20.9. The van der Waals surface area contributed by atoms with E-state index >= 15 is 0 Å². The number of aryl methyl sites for hydroxylation is 1. The van der Waals surface area contributed by atoms with Gasteiger partial charge in [0.05, 0.1) is 7.11 Å². The molecule has 0 aromatic heterocycles. The molecule has 3 nitrogen and oxygen atoms in total. The first-order valence-electron chi connectivity index (χ1n) is 6.38. The lowest BCUT2D eigenvalue weighted by atomic mass is 10.2. The smallest absolute Gasteiger partial charge is 0.119 e. The molecule has 0 saturated carbocycles. The lowest BCUT2D eigenvalue weighted by molar-refractivity contribution is 0.250. The van der Waals surface area contributed by atoms with Crippen molar-refractivity contribution in [3.05, 3.63) is 23.8 Å². The van der Waals surface area contributed by atoms with E-state index in [0.29, 0.717) is 6.04 Å². The molecule has 0 amide bonds. The van der Waals surface area contributed by atoms with E-state index in [9.17, 15) is 0 Å². The Morgan fingerprint density at radius 2 is 2.33 bits per heavy atom. The fraction of sp³-hybridized carbons (Fsp3) is 0.571. The zero-order chi connectivity index (χ0) is 13.0. The van der Waals surface area contributed by atoms with Crippen molar-refractivity contribution >= 4 is 11.8 Å². The van der Waals surface area contributed by atoms with Crippen LogP contribution in [0.15, 0.2) is 23.1 Å². The summed E-state index contributed by atoms with van der Waals surface area (Å²) in [6, 6.07) is 6.89. The molecule has 100 valence electrons. The average Bonchev–Trinajstić information content (AvgIpc) is 2.37. The summed E-state index contributed by atoms with van der Waals surface area (Å²) in [6.45, 7) is 5.54. The van der Waals surface area contributed by atoms with Gasteiger partial charge in [0.15, 0.2) is 0 Å². The number of nitrogens with one attached hydrogen (secondary N) is 1. The van der Waals surface area contributed by atoms with Crippen molar-refractivity contribution in [1.82, 2.24) is 10.2 Å². The molecule has 1 unspecified atom stereocenters. The maximum atomic E-state index is 5.23. The molecular formula is C14H22N2OS. The first kappa shape index (κ1) is 13.7. The summed E-state index contributed by atoms with van der Waals surface area (Å²) in [6.07, 6.45) is 0. The second kappa shape index (κ2) is 6.45. The van der Waals surface area contributed by atoms with Gasteiger partial charge in [0, 0.05) is 36.3 Å². The first-order chi connectivity index (χ1) is 8.69. The fourth-order valence-electron chi connectivity index (χ4n) is 2.20. The van der Waals surface area contributed by atoms with E-state index < -0.39 is 0 Å². The monoisotopic (exact) mass is 266 g/mol. The minimum atomic E-state index is 0.593. The Balaban J connectivity index is 1.89. The van der Waals surface area contributed by atoms with Crippen LogP contribution in [0.2, 0.25) is 0 Å². The molecule has 4 heteroatoms. The topological polar surface area (TPSA) is 24.5 Å². The van der Waals surface area contributed by atoms with Crippen molar-refractivity contribution in [2.75, 3.05) is 39.5 Å². The highest BCUT2D eigenvalue weighted by Gasteiger charge is 2.16. The van der Waals surface area contributed by atoms with Crippen molar-refractivity contribution < 1.29 is 4.74 Å². The van der Waals surface area contributed by atoms with Gasteiger partial charge in [-0.15, -0.1) is 11.8 Å². The molecule has 0 radical (unpaired) electrons. The van der Waals surface area contributed by atoms with Gasteiger partial charge in [-0.1, -0.05) is 0 Å². The van der Waals surface area contributed by atoms with Crippen molar-refractivity contribution in [2.24, 2.45) is 0 Å². The molecule has 1 aromatic rings. The molecule has 1 aliphatic heterocycles. The van der Waals surface area contributed by atoms with Gasteiger partial charge >= 0.3 is 0 Å². The highest BCUT2D eigenvalue weighted by Crippen LogP contribution is 2.26. The summed E-state index contributed by atoms with van der Waals surface area (Å²) in [7, 11) is 3.90. The van der Waals surface area contributed by atoms with Crippen molar-refractivity contribution in [1.29, 1.82) is 0 Å². The van der Waals surface area contributed by atoms with Gasteiger partial charge in [0.1, 0.15) is 5.75 Å². The largest absolute Gasteiger partial charge is 0.497 e. The van der Waals surface area contributed by atoms with E-state index in [0.717, 1.165) is 31.1 Å². The number of benzene rings is 1. The predicted molar refractivity (Wildman–Crippen MR) is 77.7 cm³/mol. The molecule has 1 aliphatic rings. The molecule has 0 aliphatic carbocycles. The Morgan fingerprint density at radius 3 is 3.00 bits per heavy atom. The van der Waals surface area contributed by atoms with Crippen LogP contribution in [0.5, 0.6) is 5.75 Å². The van der Waals surface area contributed by atoms with Crippen LogP contribution in [-0.2, 0) is 0 Å². The van der Waals surface area contributed by atoms with Gasteiger partial charge in [-0.05, 0) is 37.7 Å². The molecule has 0 spiro atoms. The van der Waals surface area contributed by atoms with Gasteiger partial charge in [-0.2, -0.15) is 0 Å². The van der Waals surface area contributed by atoms with Crippen molar-refractivity contribution in [3.63, 3.8) is 0 Å². The second-order valence-electron chi connectivity index (χ2n) is 4.86. The van der Waals surface area contributed by atoms with Crippen LogP contribution in [0.25, 0.3) is 0 Å². The maximum absolute atomic E-state index is 5.23. The van der Waals surface area contributed by atoms with Crippen molar-refractivity contribution in [2.45, 2.75) is 17.9 Å². The van der Waals surface area contributed by atoms with Gasteiger partial charge in [-0.3, -0.25) is 0 Å². The lowest BCUT2D eigenvalue weighted by Crippen LogP contribution is -2.50. The Bertz CT molecular complexity index is 397. The Hall–Kier alpha value is -0.710. The van der Waals surface area contributed by atoms with Gasteiger partial charge in [-0.25, -0.2) is 0 Å². The number of hydrogen-bond acceptors (Lipinski definition) is 4. The third-order valence-electron chi connectivity index (χ3n) is 3.28. The minimum Gasteiger partial charge on any atom is -0.497 e. The molecule has 1 aromatic carbocycles. The number of thioether (sulfide) groups is 1. The molecule has 0 bridgehead atoms. The van der Waals surface area contributed by atoms with E-state index in [4.69, 9.17) is 4.74 Å². The summed E-state index contributed by atoms with van der Waals surface area (Å²) in [4.78, 5) is 3.74. The number of ether oxygens (including phenoxy) is 1. The molecule has 1 saturated heterocycles. The summed E-state index contributed by atoms with van der Waals surface area (Å²) in [5.41, 5.74) is 1.29. The van der Waals surface area contributed by atoms with Crippen LogP contribution in [-0.4, -0.2) is 50.5 Å². The SMILES string of the molecule is COc1ccc(SCC2CN(C)CCN2)c(C)c1. The number of likely N-dealkylation sites (N-methyl/N-ethyl adjacent to an activating group) is 1. The standard InChI is InChI=1S/C14H22N2OS/c1-11-8-13(17-3)4-5-14(11)18-10-12-9-16(2)7-6-15-12/h4-5,8,12,15H,6-7,9-10H2,1-3H3. The molecule has 2 rings (SSSR count). The van der Waals surface area contributed by atoms with Crippen molar-refractivity contribution in [3.8, 4) is 5.75 Å². The molecule has 1 atom stereocenters. The summed E-state index contributed by atoms with van der Waals surface area (Å²) in [5.74, 6) is 2.06. The molecular weight excluding hydrogens is 244 g/mol. The number of hydrogen-bond donors (Lipinski definition) is 1. The van der Waals surface area contributed by atoms with Gasteiger partial charge in [0.2, 0.25) is 0 Å². The molecule has 18 heavy (non-hydrogen) atoms. The quantitative estimate of drug-likeness (QED) is 0.843. The summed E-state index contributed by atoms with van der Waals surface area (Å²) >= 11 is 1.93. The third kappa shape index (κ3) is 3.64. The van der Waals surface area contributed by atoms with E-state index in [-0.39, 0.29) is 0 Å². The highest BCUT2D eigenvalue weighted by atomic mass is 32.2. The maximum Gasteiger partial charge on any atom is 0.119 e. The Kier molecular flexibility index (Phi) is 4.92. The Labute approximate surface area is 114 Å². The lowest BCUT2D eigenvalue weighted by Gasteiger charge is -2.30. The highest BCUT2D eigenvalue weighted by molar-refractivity contribution is 7.99. The van der Waals surface area contributed by atoms with Crippen LogP contribution in [0.1, 0.15) is 5.56 Å². The van der Waals surface area contributed by atoms with E-state index in [2.05, 4.69) is 36.3 Å². The van der Waals surface area contributed by atoms with Gasteiger partial charge in [0.25, 0.3) is 0 Å². The zero-order valence-electron chi connectivity index (χ0n) is 11.4. The molecule has 1 heterocycles.